The van der Waals surface area contributed by atoms with Gasteiger partial charge in [-0.15, -0.1) is 0 Å². The molecule has 0 aromatic heterocycles. The normalized spacial score (nSPS) is 12.3. The molecule has 0 spiro atoms. The first-order valence-electron chi connectivity index (χ1n) is 15.2. The summed E-state index contributed by atoms with van der Waals surface area (Å²) in [5.41, 5.74) is 15.8. The van der Waals surface area contributed by atoms with Gasteiger partial charge >= 0.3 is 0 Å². The molecule has 0 saturated carbocycles. The Hall–Kier alpha value is -2.72. The van der Waals surface area contributed by atoms with Gasteiger partial charge in [0.2, 0.25) is 5.91 Å². The fourth-order valence-corrected chi connectivity index (χ4v) is 5.94. The molecule has 0 aliphatic carbocycles. The molecule has 0 saturated heterocycles. The van der Waals surface area contributed by atoms with E-state index in [9.17, 15) is 9.59 Å². The standard InChI is InChI=1S/C35H52N2O2/c1-6-26-19-20-28(24-27(26)7-2)33(38)29-21-22-32(31(25-29)34(37)39)35(4,5)30(8-3)18-16-14-12-10-9-11-13-15-17-23-36/h6,19-22,24-25,30H,1,7-18,23,36H2,2-5H3,(H2,37,39). The number of hydrogen-bond acceptors (Lipinski definition) is 3. The first kappa shape index (κ1) is 32.5. The van der Waals surface area contributed by atoms with Gasteiger partial charge in [-0.25, -0.2) is 0 Å². The van der Waals surface area contributed by atoms with Crippen molar-refractivity contribution in [1.82, 2.24) is 0 Å². The summed E-state index contributed by atoms with van der Waals surface area (Å²) < 4.78 is 0. The minimum Gasteiger partial charge on any atom is -0.366 e. The highest BCUT2D eigenvalue weighted by atomic mass is 16.1. The molecule has 1 atom stereocenters. The molecule has 2 rings (SSSR count). The lowest BCUT2D eigenvalue weighted by atomic mass is 9.68. The van der Waals surface area contributed by atoms with E-state index in [0.29, 0.717) is 22.6 Å². The third-order valence-electron chi connectivity index (χ3n) is 8.52. The zero-order chi connectivity index (χ0) is 28.8. The number of rotatable bonds is 19. The highest BCUT2D eigenvalue weighted by Gasteiger charge is 2.33. The summed E-state index contributed by atoms with van der Waals surface area (Å²) >= 11 is 0. The van der Waals surface area contributed by atoms with Crippen molar-refractivity contribution in [2.24, 2.45) is 17.4 Å². The molecule has 4 N–H and O–H groups in total. The van der Waals surface area contributed by atoms with Crippen LogP contribution in [0.5, 0.6) is 0 Å². The van der Waals surface area contributed by atoms with Crippen molar-refractivity contribution < 1.29 is 9.59 Å². The fourth-order valence-electron chi connectivity index (χ4n) is 5.94. The van der Waals surface area contributed by atoms with Gasteiger partial charge in [0, 0.05) is 16.7 Å². The summed E-state index contributed by atoms with van der Waals surface area (Å²) in [6.45, 7) is 13.4. The van der Waals surface area contributed by atoms with Gasteiger partial charge in [0.25, 0.3) is 0 Å². The molecule has 0 radical (unpaired) electrons. The second-order valence-corrected chi connectivity index (χ2v) is 11.5. The van der Waals surface area contributed by atoms with Crippen molar-refractivity contribution >= 4 is 17.8 Å². The number of unbranched alkanes of at least 4 members (excludes halogenated alkanes) is 8. The van der Waals surface area contributed by atoms with Crippen LogP contribution < -0.4 is 11.5 Å². The first-order valence-corrected chi connectivity index (χ1v) is 15.2. The zero-order valence-electron chi connectivity index (χ0n) is 25.0. The van der Waals surface area contributed by atoms with E-state index in [1.165, 1.54) is 51.4 Å². The van der Waals surface area contributed by atoms with Crippen molar-refractivity contribution in [3.63, 3.8) is 0 Å². The number of carbonyl (C=O) groups excluding carboxylic acids is 2. The molecule has 4 nitrogen and oxygen atoms in total. The Morgan fingerprint density at radius 2 is 1.44 bits per heavy atom. The minimum absolute atomic E-state index is 0.0985. The number of hydrogen-bond donors (Lipinski definition) is 2. The average Bonchev–Trinajstić information content (AvgIpc) is 2.94. The predicted octanol–water partition coefficient (Wildman–Crippen LogP) is 8.39. The van der Waals surface area contributed by atoms with E-state index in [2.05, 4.69) is 34.3 Å². The van der Waals surface area contributed by atoms with Crippen LogP contribution in [0.25, 0.3) is 6.08 Å². The lowest BCUT2D eigenvalue weighted by molar-refractivity contribution is 0.0996. The molecule has 1 amide bonds. The van der Waals surface area contributed by atoms with Crippen LogP contribution in [0.3, 0.4) is 0 Å². The maximum atomic E-state index is 13.4. The summed E-state index contributed by atoms with van der Waals surface area (Å²) in [5.74, 6) is -0.157. The van der Waals surface area contributed by atoms with Crippen molar-refractivity contribution in [2.75, 3.05) is 6.54 Å². The van der Waals surface area contributed by atoms with Gasteiger partial charge in [0.15, 0.2) is 5.78 Å². The van der Waals surface area contributed by atoms with Gasteiger partial charge in [0.1, 0.15) is 0 Å². The van der Waals surface area contributed by atoms with E-state index in [4.69, 9.17) is 11.5 Å². The molecule has 4 heteroatoms. The molecule has 2 aromatic rings. The van der Waals surface area contributed by atoms with E-state index < -0.39 is 5.91 Å². The topological polar surface area (TPSA) is 86.2 Å². The molecule has 0 heterocycles. The maximum Gasteiger partial charge on any atom is 0.249 e. The first-order chi connectivity index (χ1) is 18.7. The Kier molecular flexibility index (Phi) is 13.7. The smallest absolute Gasteiger partial charge is 0.249 e. The Bertz CT molecular complexity index is 1090. The second-order valence-electron chi connectivity index (χ2n) is 11.5. The molecule has 0 aliphatic rings. The highest BCUT2D eigenvalue weighted by Crippen LogP contribution is 2.39. The van der Waals surface area contributed by atoms with Crippen LogP contribution in [0, 0.1) is 5.92 Å². The van der Waals surface area contributed by atoms with E-state index >= 15 is 0 Å². The summed E-state index contributed by atoms with van der Waals surface area (Å²) in [6.07, 6.45) is 16.1. The Morgan fingerprint density at radius 3 is 1.97 bits per heavy atom. The SMILES string of the molecule is C=Cc1ccc(C(=O)c2ccc(C(C)(C)C(CC)CCCCCCCCCCCN)c(C(N)=O)c2)cc1CC. The average molecular weight is 533 g/mol. The minimum atomic E-state index is -0.481. The van der Waals surface area contributed by atoms with Crippen molar-refractivity contribution in [3.05, 3.63) is 76.4 Å². The summed E-state index contributed by atoms with van der Waals surface area (Å²) in [6, 6.07) is 11.2. The lowest BCUT2D eigenvalue weighted by Crippen LogP contribution is -2.32. The maximum absolute atomic E-state index is 13.4. The van der Waals surface area contributed by atoms with E-state index in [1.54, 1.807) is 6.07 Å². The number of carbonyl (C=O) groups is 2. The number of ketones is 1. The van der Waals surface area contributed by atoms with Crippen LogP contribution in [-0.2, 0) is 11.8 Å². The van der Waals surface area contributed by atoms with Crippen molar-refractivity contribution in [1.29, 1.82) is 0 Å². The van der Waals surface area contributed by atoms with Crippen molar-refractivity contribution in [2.45, 2.75) is 110 Å². The molecule has 2 aromatic carbocycles. The molecular formula is C35H52N2O2. The quantitative estimate of drug-likeness (QED) is 0.141. The predicted molar refractivity (Wildman–Crippen MR) is 166 cm³/mol. The monoisotopic (exact) mass is 532 g/mol. The molecular weight excluding hydrogens is 480 g/mol. The molecule has 0 fully saturated rings. The van der Waals surface area contributed by atoms with E-state index in [1.807, 2.05) is 36.4 Å². The van der Waals surface area contributed by atoms with Crippen LogP contribution in [0.2, 0.25) is 0 Å². The number of primary amides is 1. The van der Waals surface area contributed by atoms with E-state index in [0.717, 1.165) is 48.9 Å². The lowest BCUT2D eigenvalue weighted by Gasteiger charge is -2.36. The van der Waals surface area contributed by atoms with Crippen LogP contribution in [0.1, 0.15) is 141 Å². The van der Waals surface area contributed by atoms with E-state index in [-0.39, 0.29) is 11.2 Å². The van der Waals surface area contributed by atoms with Gasteiger partial charge < -0.3 is 11.5 Å². The summed E-state index contributed by atoms with van der Waals surface area (Å²) in [4.78, 5) is 26.0. The molecule has 1 unspecified atom stereocenters. The molecule has 214 valence electrons. The zero-order valence-corrected chi connectivity index (χ0v) is 25.0. The number of amides is 1. The Morgan fingerprint density at radius 1 is 0.872 bits per heavy atom. The molecule has 0 bridgehead atoms. The number of nitrogens with two attached hydrogens (primary N) is 2. The van der Waals surface area contributed by atoms with Crippen molar-refractivity contribution in [3.8, 4) is 0 Å². The van der Waals surface area contributed by atoms with Crippen LogP contribution >= 0.6 is 0 Å². The third-order valence-corrected chi connectivity index (χ3v) is 8.52. The number of benzene rings is 2. The van der Waals surface area contributed by atoms with Crippen LogP contribution in [0.4, 0.5) is 0 Å². The van der Waals surface area contributed by atoms with Gasteiger partial charge in [-0.2, -0.15) is 0 Å². The fraction of sp³-hybridized carbons (Fsp3) is 0.543. The Balaban J connectivity index is 2.10. The van der Waals surface area contributed by atoms with Gasteiger partial charge in [-0.3, -0.25) is 9.59 Å². The second kappa shape index (κ2) is 16.4. The van der Waals surface area contributed by atoms with Crippen LogP contribution in [-0.4, -0.2) is 18.2 Å². The highest BCUT2D eigenvalue weighted by molar-refractivity contribution is 6.10. The van der Waals surface area contributed by atoms with Crippen LogP contribution in [0.15, 0.2) is 43.0 Å². The number of aryl methyl sites for hydroxylation is 1. The van der Waals surface area contributed by atoms with Gasteiger partial charge in [-0.1, -0.05) is 122 Å². The van der Waals surface area contributed by atoms with Gasteiger partial charge in [0.05, 0.1) is 0 Å². The molecule has 39 heavy (non-hydrogen) atoms. The largest absolute Gasteiger partial charge is 0.366 e. The third kappa shape index (κ3) is 9.17. The van der Waals surface area contributed by atoms with Gasteiger partial charge in [-0.05, 0) is 66.0 Å². The molecule has 0 aliphatic heterocycles. The summed E-state index contributed by atoms with van der Waals surface area (Å²) in [7, 11) is 0. The summed E-state index contributed by atoms with van der Waals surface area (Å²) in [5, 5.41) is 0. The Labute approximate surface area is 237 Å².